The van der Waals surface area contributed by atoms with Gasteiger partial charge in [-0.05, 0) is 68.2 Å². The standard InChI is InChI=1S/C24H28FN5O4.ClH/c1-32-19-12-16(13-20(33-2)23(19)34-3)22-21(24(31)27-18-6-4-17(25)5-7-18)28-29-30(22)14-15-8-10-26-11-9-15;/h4-7,12-13,15,26H,8-11,14H2,1-3H3,(H,27,31);1H. The number of nitrogens with one attached hydrogen (secondary N) is 2. The Labute approximate surface area is 209 Å². The third-order valence-electron chi connectivity index (χ3n) is 5.88. The van der Waals surface area contributed by atoms with Crippen LogP contribution in [0.25, 0.3) is 11.3 Å². The molecule has 1 aliphatic heterocycles. The normalized spacial score (nSPS) is 13.6. The van der Waals surface area contributed by atoms with E-state index in [0.717, 1.165) is 25.9 Å². The Bertz CT molecular complexity index is 1120. The monoisotopic (exact) mass is 505 g/mol. The van der Waals surface area contributed by atoms with Gasteiger partial charge in [0.1, 0.15) is 11.5 Å². The van der Waals surface area contributed by atoms with Crippen LogP contribution in [0.4, 0.5) is 10.1 Å². The highest BCUT2D eigenvalue weighted by Crippen LogP contribution is 2.42. The first kappa shape index (κ1) is 26.2. The summed E-state index contributed by atoms with van der Waals surface area (Å²) >= 11 is 0. The second kappa shape index (κ2) is 11.9. The summed E-state index contributed by atoms with van der Waals surface area (Å²) in [5.74, 6) is 0.920. The zero-order valence-corrected chi connectivity index (χ0v) is 20.7. The van der Waals surface area contributed by atoms with Gasteiger partial charge in [-0.25, -0.2) is 9.07 Å². The minimum atomic E-state index is -0.452. The second-order valence-electron chi connectivity index (χ2n) is 8.04. The number of carbonyl (C=O) groups excluding carboxylic acids is 1. The van der Waals surface area contributed by atoms with Gasteiger partial charge < -0.3 is 24.8 Å². The van der Waals surface area contributed by atoms with Crippen molar-refractivity contribution >= 4 is 24.0 Å². The maximum absolute atomic E-state index is 13.3. The molecule has 1 aliphatic rings. The van der Waals surface area contributed by atoms with Gasteiger partial charge in [-0.3, -0.25) is 4.79 Å². The van der Waals surface area contributed by atoms with E-state index in [0.29, 0.717) is 46.7 Å². The van der Waals surface area contributed by atoms with E-state index in [1.54, 1.807) is 16.8 Å². The van der Waals surface area contributed by atoms with Crippen molar-refractivity contribution in [2.45, 2.75) is 19.4 Å². The Morgan fingerprint density at radius 1 is 1.09 bits per heavy atom. The first-order valence-electron chi connectivity index (χ1n) is 11.1. The number of nitrogens with zero attached hydrogens (tertiary/aromatic N) is 3. The molecular formula is C24H29ClFN5O4. The summed E-state index contributed by atoms with van der Waals surface area (Å²) in [6.45, 7) is 2.50. The van der Waals surface area contributed by atoms with Crippen LogP contribution in [0, 0.1) is 11.7 Å². The highest BCUT2D eigenvalue weighted by Gasteiger charge is 2.26. The molecule has 1 fully saturated rings. The summed E-state index contributed by atoms with van der Waals surface area (Å²) in [4.78, 5) is 13.2. The van der Waals surface area contributed by atoms with Crippen molar-refractivity contribution in [3.8, 4) is 28.5 Å². The molecule has 188 valence electrons. The van der Waals surface area contributed by atoms with Crippen LogP contribution in [-0.4, -0.2) is 55.3 Å². The lowest BCUT2D eigenvalue weighted by Gasteiger charge is -2.23. The van der Waals surface area contributed by atoms with E-state index >= 15 is 0 Å². The molecule has 9 nitrogen and oxygen atoms in total. The number of hydrogen-bond donors (Lipinski definition) is 2. The number of methoxy groups -OCH3 is 3. The van der Waals surface area contributed by atoms with Gasteiger partial charge in [-0.15, -0.1) is 17.5 Å². The van der Waals surface area contributed by atoms with Crippen LogP contribution >= 0.6 is 12.4 Å². The Hall–Kier alpha value is -3.37. The summed E-state index contributed by atoms with van der Waals surface area (Å²) < 4.78 is 31.5. The third-order valence-corrected chi connectivity index (χ3v) is 5.88. The molecule has 2 N–H and O–H groups in total. The zero-order chi connectivity index (χ0) is 24.1. The van der Waals surface area contributed by atoms with Crippen molar-refractivity contribution in [3.63, 3.8) is 0 Å². The Morgan fingerprint density at radius 3 is 2.29 bits per heavy atom. The maximum Gasteiger partial charge on any atom is 0.278 e. The van der Waals surface area contributed by atoms with Gasteiger partial charge in [-0.2, -0.15) is 0 Å². The number of piperidine rings is 1. The summed E-state index contributed by atoms with van der Waals surface area (Å²) in [6.07, 6.45) is 2.01. The molecule has 1 saturated heterocycles. The number of aromatic nitrogens is 3. The molecular weight excluding hydrogens is 477 g/mol. The molecule has 4 rings (SSSR count). The highest BCUT2D eigenvalue weighted by molar-refractivity contribution is 6.06. The first-order chi connectivity index (χ1) is 16.5. The topological polar surface area (TPSA) is 99.5 Å². The molecule has 0 saturated carbocycles. The minimum Gasteiger partial charge on any atom is -0.493 e. The number of carbonyl (C=O) groups is 1. The summed E-state index contributed by atoms with van der Waals surface area (Å²) in [6, 6.07) is 9.09. The number of amides is 1. The van der Waals surface area contributed by atoms with Gasteiger partial charge in [0.25, 0.3) is 5.91 Å². The van der Waals surface area contributed by atoms with E-state index in [1.165, 1.54) is 45.6 Å². The molecule has 35 heavy (non-hydrogen) atoms. The molecule has 0 bridgehead atoms. The lowest BCUT2D eigenvalue weighted by Crippen LogP contribution is -2.30. The lowest BCUT2D eigenvalue weighted by molar-refractivity contribution is 0.102. The summed E-state index contributed by atoms with van der Waals surface area (Å²) in [5, 5.41) is 14.7. The van der Waals surface area contributed by atoms with E-state index in [9.17, 15) is 9.18 Å². The van der Waals surface area contributed by atoms with E-state index in [1.807, 2.05) is 0 Å². The number of anilines is 1. The number of hydrogen-bond acceptors (Lipinski definition) is 7. The number of halogens is 2. The summed E-state index contributed by atoms with van der Waals surface area (Å²) in [7, 11) is 4.60. The van der Waals surface area contributed by atoms with Crippen LogP contribution in [0.1, 0.15) is 23.3 Å². The largest absolute Gasteiger partial charge is 0.493 e. The quantitative estimate of drug-likeness (QED) is 0.480. The first-order valence-corrected chi connectivity index (χ1v) is 11.1. The van der Waals surface area contributed by atoms with Crippen LogP contribution in [0.15, 0.2) is 36.4 Å². The van der Waals surface area contributed by atoms with Crippen molar-refractivity contribution in [1.82, 2.24) is 20.3 Å². The van der Waals surface area contributed by atoms with Gasteiger partial charge >= 0.3 is 0 Å². The van der Waals surface area contributed by atoms with Crippen molar-refractivity contribution in [1.29, 1.82) is 0 Å². The van der Waals surface area contributed by atoms with Crippen LogP contribution in [0.2, 0.25) is 0 Å². The molecule has 0 atom stereocenters. The molecule has 0 unspecified atom stereocenters. The predicted molar refractivity (Wildman–Crippen MR) is 132 cm³/mol. The zero-order valence-electron chi connectivity index (χ0n) is 19.8. The average molecular weight is 506 g/mol. The lowest BCUT2D eigenvalue weighted by atomic mass is 9.98. The molecule has 2 aromatic carbocycles. The Morgan fingerprint density at radius 2 is 1.71 bits per heavy atom. The highest BCUT2D eigenvalue weighted by atomic mass is 35.5. The van der Waals surface area contributed by atoms with E-state index in [-0.39, 0.29) is 23.9 Å². The SMILES string of the molecule is COc1cc(-c2c(C(=O)Nc3ccc(F)cc3)nnn2CC2CCNCC2)cc(OC)c1OC.Cl. The maximum atomic E-state index is 13.3. The molecule has 3 aromatic rings. The van der Waals surface area contributed by atoms with Crippen LogP contribution in [0.3, 0.4) is 0 Å². The van der Waals surface area contributed by atoms with Gasteiger partial charge in [0, 0.05) is 17.8 Å². The van der Waals surface area contributed by atoms with E-state index in [2.05, 4.69) is 20.9 Å². The number of ether oxygens (including phenoxy) is 3. The minimum absolute atomic E-state index is 0. The Kier molecular flexibility index (Phi) is 8.89. The van der Waals surface area contributed by atoms with Crippen LogP contribution in [0.5, 0.6) is 17.2 Å². The van der Waals surface area contributed by atoms with E-state index < -0.39 is 5.91 Å². The van der Waals surface area contributed by atoms with Crippen molar-refractivity contribution in [2.75, 3.05) is 39.7 Å². The van der Waals surface area contributed by atoms with Gasteiger partial charge in [0.15, 0.2) is 17.2 Å². The van der Waals surface area contributed by atoms with Crippen molar-refractivity contribution < 1.29 is 23.4 Å². The molecule has 0 radical (unpaired) electrons. The number of rotatable bonds is 8. The van der Waals surface area contributed by atoms with Crippen molar-refractivity contribution in [3.05, 3.63) is 47.9 Å². The van der Waals surface area contributed by atoms with Crippen LogP contribution in [-0.2, 0) is 6.54 Å². The van der Waals surface area contributed by atoms with Gasteiger partial charge in [-0.1, -0.05) is 5.21 Å². The fourth-order valence-corrected chi connectivity index (χ4v) is 4.13. The predicted octanol–water partition coefficient (Wildman–Crippen LogP) is 3.78. The second-order valence-corrected chi connectivity index (χ2v) is 8.04. The van der Waals surface area contributed by atoms with Gasteiger partial charge in [0.2, 0.25) is 5.75 Å². The van der Waals surface area contributed by atoms with Gasteiger partial charge in [0.05, 0.1) is 21.3 Å². The fraction of sp³-hybridized carbons (Fsp3) is 0.375. The molecule has 11 heteroatoms. The molecule has 2 heterocycles. The molecule has 1 aromatic heterocycles. The molecule has 1 amide bonds. The smallest absolute Gasteiger partial charge is 0.278 e. The van der Waals surface area contributed by atoms with Crippen molar-refractivity contribution in [2.24, 2.45) is 5.92 Å². The van der Waals surface area contributed by atoms with Crippen LogP contribution < -0.4 is 24.8 Å². The van der Waals surface area contributed by atoms with E-state index in [4.69, 9.17) is 14.2 Å². The third kappa shape index (κ3) is 5.83. The average Bonchev–Trinajstić information content (AvgIpc) is 3.28. The molecule has 0 spiro atoms. The summed E-state index contributed by atoms with van der Waals surface area (Å²) in [5.41, 5.74) is 1.79. The molecule has 0 aliphatic carbocycles. The fourth-order valence-electron chi connectivity index (χ4n) is 4.13. The number of benzene rings is 2. The Balaban J connectivity index is 0.00000342.